The predicted octanol–water partition coefficient (Wildman–Crippen LogP) is 0.228. The number of piperazine rings is 1. The van der Waals surface area contributed by atoms with Gasteiger partial charge in [0.25, 0.3) is 5.91 Å². The Morgan fingerprint density at radius 2 is 1.76 bits per heavy atom. The minimum Gasteiger partial charge on any atom is -0.436 e. The normalized spacial score (nSPS) is 21.1. The molecule has 2 unspecified atom stereocenters. The molecule has 3 amide bonds. The monoisotopic (exact) mass is 354 g/mol. The van der Waals surface area contributed by atoms with Crippen LogP contribution in [0.3, 0.4) is 0 Å². The number of ether oxygens (including phenoxy) is 1. The van der Waals surface area contributed by atoms with Gasteiger partial charge in [0, 0.05) is 33.2 Å². The van der Waals surface area contributed by atoms with E-state index >= 15 is 0 Å². The fourth-order valence-corrected chi connectivity index (χ4v) is 3.47. The zero-order chi connectivity index (χ0) is 18.2. The Bertz CT molecular complexity index is 473. The molecule has 8 heteroatoms. The molecule has 1 saturated heterocycles. The minimum atomic E-state index is -0.943. The van der Waals surface area contributed by atoms with Crippen LogP contribution in [0.1, 0.15) is 39.0 Å². The van der Waals surface area contributed by atoms with E-state index in [-0.39, 0.29) is 11.8 Å². The van der Waals surface area contributed by atoms with Gasteiger partial charge in [-0.25, -0.2) is 4.79 Å². The van der Waals surface area contributed by atoms with E-state index < -0.39 is 24.1 Å². The summed E-state index contributed by atoms with van der Waals surface area (Å²) < 4.78 is 4.98. The molecule has 2 atom stereocenters. The highest BCUT2D eigenvalue weighted by molar-refractivity contribution is 5.90. The van der Waals surface area contributed by atoms with Gasteiger partial charge < -0.3 is 25.6 Å². The SMILES string of the molecule is CNC(=O)OC(C)C(=O)NC(C(=O)N1CCNCC1)C1CCCCC1. The van der Waals surface area contributed by atoms with Crippen molar-refractivity contribution in [1.82, 2.24) is 20.9 Å². The minimum absolute atomic E-state index is 0.0195. The van der Waals surface area contributed by atoms with Crippen molar-refractivity contribution in [2.24, 2.45) is 5.92 Å². The second-order valence-corrected chi connectivity index (χ2v) is 6.76. The molecule has 2 fully saturated rings. The van der Waals surface area contributed by atoms with Crippen LogP contribution >= 0.6 is 0 Å². The second kappa shape index (κ2) is 9.60. The summed E-state index contributed by atoms with van der Waals surface area (Å²) in [5.41, 5.74) is 0. The molecule has 2 aliphatic rings. The van der Waals surface area contributed by atoms with E-state index in [1.165, 1.54) is 20.4 Å². The molecule has 0 aromatic rings. The van der Waals surface area contributed by atoms with Crippen LogP contribution in [0.25, 0.3) is 0 Å². The lowest BCUT2D eigenvalue weighted by molar-refractivity contribution is -0.141. The Labute approximate surface area is 149 Å². The zero-order valence-corrected chi connectivity index (χ0v) is 15.2. The summed E-state index contributed by atoms with van der Waals surface area (Å²) in [5.74, 6) is -0.302. The number of hydrogen-bond donors (Lipinski definition) is 3. The van der Waals surface area contributed by atoms with Crippen LogP contribution in [-0.4, -0.2) is 68.2 Å². The lowest BCUT2D eigenvalue weighted by atomic mass is 9.83. The Balaban J connectivity index is 2.03. The highest BCUT2D eigenvalue weighted by atomic mass is 16.6. The molecule has 2 rings (SSSR count). The van der Waals surface area contributed by atoms with E-state index in [9.17, 15) is 14.4 Å². The van der Waals surface area contributed by atoms with Crippen molar-refractivity contribution in [3.63, 3.8) is 0 Å². The van der Waals surface area contributed by atoms with E-state index in [0.29, 0.717) is 13.1 Å². The first-order chi connectivity index (χ1) is 12.0. The molecular weight excluding hydrogens is 324 g/mol. The van der Waals surface area contributed by atoms with E-state index in [1.54, 1.807) is 0 Å². The molecule has 8 nitrogen and oxygen atoms in total. The van der Waals surface area contributed by atoms with Gasteiger partial charge in [-0.3, -0.25) is 9.59 Å². The highest BCUT2D eigenvalue weighted by Crippen LogP contribution is 2.27. The van der Waals surface area contributed by atoms with Crippen molar-refractivity contribution in [3.8, 4) is 0 Å². The van der Waals surface area contributed by atoms with Crippen LogP contribution in [0.2, 0.25) is 0 Å². The summed E-state index contributed by atoms with van der Waals surface area (Å²) in [6.45, 7) is 4.36. The summed E-state index contributed by atoms with van der Waals surface area (Å²) in [4.78, 5) is 38.6. The predicted molar refractivity (Wildman–Crippen MR) is 93.0 cm³/mol. The average Bonchev–Trinajstić information content (AvgIpc) is 2.66. The second-order valence-electron chi connectivity index (χ2n) is 6.76. The molecule has 25 heavy (non-hydrogen) atoms. The lowest BCUT2D eigenvalue weighted by Gasteiger charge is -2.36. The molecule has 1 saturated carbocycles. The van der Waals surface area contributed by atoms with Crippen molar-refractivity contribution in [2.45, 2.75) is 51.2 Å². The van der Waals surface area contributed by atoms with E-state index in [4.69, 9.17) is 4.74 Å². The van der Waals surface area contributed by atoms with E-state index in [1.807, 2.05) is 4.90 Å². The first-order valence-electron chi connectivity index (χ1n) is 9.21. The number of nitrogens with one attached hydrogen (secondary N) is 3. The number of carbonyl (C=O) groups is 3. The number of carbonyl (C=O) groups excluding carboxylic acids is 3. The summed E-state index contributed by atoms with van der Waals surface area (Å²) in [6, 6.07) is -0.540. The van der Waals surface area contributed by atoms with Crippen LogP contribution in [-0.2, 0) is 14.3 Å². The largest absolute Gasteiger partial charge is 0.436 e. The van der Waals surface area contributed by atoms with Crippen molar-refractivity contribution in [2.75, 3.05) is 33.2 Å². The highest BCUT2D eigenvalue weighted by Gasteiger charge is 2.35. The Morgan fingerprint density at radius 1 is 1.12 bits per heavy atom. The first kappa shape index (κ1) is 19.5. The molecule has 0 bridgehead atoms. The van der Waals surface area contributed by atoms with Gasteiger partial charge in [0.1, 0.15) is 6.04 Å². The fourth-order valence-electron chi connectivity index (χ4n) is 3.47. The third-order valence-electron chi connectivity index (χ3n) is 4.97. The molecule has 1 heterocycles. The molecule has 0 spiro atoms. The Kier molecular flexibility index (Phi) is 7.49. The summed E-state index contributed by atoms with van der Waals surface area (Å²) in [7, 11) is 1.44. The molecule has 0 aromatic heterocycles. The van der Waals surface area contributed by atoms with Crippen LogP contribution < -0.4 is 16.0 Å². The molecular formula is C17H30N4O4. The molecule has 0 aromatic carbocycles. The van der Waals surface area contributed by atoms with Crippen LogP contribution in [0.5, 0.6) is 0 Å². The fraction of sp³-hybridized carbons (Fsp3) is 0.824. The molecule has 1 aliphatic heterocycles. The zero-order valence-electron chi connectivity index (χ0n) is 15.2. The van der Waals surface area contributed by atoms with Crippen LogP contribution in [0.15, 0.2) is 0 Å². The number of nitrogens with zero attached hydrogens (tertiary/aromatic N) is 1. The van der Waals surface area contributed by atoms with Gasteiger partial charge in [-0.2, -0.15) is 0 Å². The maximum atomic E-state index is 13.0. The van der Waals surface area contributed by atoms with E-state index in [0.717, 1.165) is 38.8 Å². The summed E-state index contributed by atoms with van der Waals surface area (Å²) in [6.07, 6.45) is 3.61. The topological polar surface area (TPSA) is 99.8 Å². The number of amides is 3. The van der Waals surface area contributed by atoms with Gasteiger partial charge >= 0.3 is 6.09 Å². The van der Waals surface area contributed by atoms with Gasteiger partial charge in [0.15, 0.2) is 6.10 Å². The number of hydrogen-bond acceptors (Lipinski definition) is 5. The lowest BCUT2D eigenvalue weighted by Crippen LogP contribution is -2.57. The summed E-state index contributed by atoms with van der Waals surface area (Å²) in [5, 5.41) is 8.41. The van der Waals surface area contributed by atoms with Crippen molar-refractivity contribution in [1.29, 1.82) is 0 Å². The molecule has 1 aliphatic carbocycles. The maximum absolute atomic E-state index is 13.0. The Morgan fingerprint density at radius 3 is 2.36 bits per heavy atom. The Hall–Kier alpha value is -1.83. The number of rotatable bonds is 5. The summed E-state index contributed by atoms with van der Waals surface area (Å²) >= 11 is 0. The van der Waals surface area contributed by atoms with Gasteiger partial charge in [-0.15, -0.1) is 0 Å². The first-order valence-corrected chi connectivity index (χ1v) is 9.21. The van der Waals surface area contributed by atoms with Crippen molar-refractivity contribution < 1.29 is 19.1 Å². The molecule has 142 valence electrons. The quantitative estimate of drug-likeness (QED) is 0.656. The molecule has 3 N–H and O–H groups in total. The van der Waals surface area contributed by atoms with Crippen molar-refractivity contribution in [3.05, 3.63) is 0 Å². The van der Waals surface area contributed by atoms with Gasteiger partial charge in [0.05, 0.1) is 0 Å². The van der Waals surface area contributed by atoms with Crippen LogP contribution in [0, 0.1) is 5.92 Å². The van der Waals surface area contributed by atoms with Gasteiger partial charge in [-0.05, 0) is 25.7 Å². The van der Waals surface area contributed by atoms with Crippen molar-refractivity contribution >= 4 is 17.9 Å². The number of alkyl carbamates (subject to hydrolysis) is 1. The smallest absolute Gasteiger partial charge is 0.407 e. The average molecular weight is 354 g/mol. The van der Waals surface area contributed by atoms with Crippen LogP contribution in [0.4, 0.5) is 4.79 Å². The van der Waals surface area contributed by atoms with Gasteiger partial charge in [0.2, 0.25) is 5.91 Å². The maximum Gasteiger partial charge on any atom is 0.407 e. The standard InChI is InChI=1S/C17H30N4O4/c1-12(25-17(24)18-2)15(22)20-14(13-6-4-3-5-7-13)16(23)21-10-8-19-9-11-21/h12-14,19H,3-11H2,1-2H3,(H,18,24)(H,20,22). The third kappa shape index (κ3) is 5.59. The molecule has 0 radical (unpaired) electrons. The van der Waals surface area contributed by atoms with E-state index in [2.05, 4.69) is 16.0 Å². The van der Waals surface area contributed by atoms with Gasteiger partial charge in [-0.1, -0.05) is 19.3 Å². The third-order valence-corrected chi connectivity index (χ3v) is 4.97.